The summed E-state index contributed by atoms with van der Waals surface area (Å²) >= 11 is 0. The zero-order valence-electron chi connectivity index (χ0n) is 12.3. The van der Waals surface area contributed by atoms with Crippen LogP contribution in [0.2, 0.25) is 0 Å². The molecule has 0 aliphatic carbocycles. The van der Waals surface area contributed by atoms with E-state index in [2.05, 4.69) is 28.7 Å². The summed E-state index contributed by atoms with van der Waals surface area (Å²) in [5, 5.41) is 2.81. The third-order valence-corrected chi connectivity index (χ3v) is 3.39. The van der Waals surface area contributed by atoms with Crippen LogP contribution in [-0.2, 0) is 0 Å². The Balaban J connectivity index is 1.93. The summed E-state index contributed by atoms with van der Waals surface area (Å²) in [5.41, 5.74) is 2.65. The van der Waals surface area contributed by atoms with Crippen LogP contribution in [0.4, 0.5) is 5.69 Å². The second-order valence-electron chi connectivity index (χ2n) is 5.26. The van der Waals surface area contributed by atoms with E-state index in [-0.39, 0.29) is 5.91 Å². The number of amides is 1. The third-order valence-electron chi connectivity index (χ3n) is 3.39. The standard InChI is InChI=1S/C16H17N3O2/c1-10(2)19-11(3)17-13-9-12(6-7-14(13)19)18-16(20)15-5-4-8-21-15/h4-10H,1-3H3,(H,18,20). The Morgan fingerprint density at radius 1 is 1.33 bits per heavy atom. The number of fused-ring (bicyclic) bond motifs is 1. The number of aromatic nitrogens is 2. The molecule has 5 heteroatoms. The smallest absolute Gasteiger partial charge is 0.291 e. The van der Waals surface area contributed by atoms with Crippen molar-refractivity contribution in [3.05, 3.63) is 48.2 Å². The molecule has 2 aromatic heterocycles. The molecule has 0 bridgehead atoms. The Morgan fingerprint density at radius 3 is 2.81 bits per heavy atom. The number of carbonyl (C=O) groups excluding carboxylic acids is 1. The molecule has 1 aromatic carbocycles. The fourth-order valence-electron chi connectivity index (χ4n) is 2.55. The van der Waals surface area contributed by atoms with E-state index < -0.39 is 0 Å². The molecule has 1 amide bonds. The molecular formula is C16H17N3O2. The number of imidazole rings is 1. The first-order valence-electron chi connectivity index (χ1n) is 6.89. The molecule has 5 nitrogen and oxygen atoms in total. The molecule has 108 valence electrons. The molecule has 0 fully saturated rings. The monoisotopic (exact) mass is 283 g/mol. The lowest BCUT2D eigenvalue weighted by Crippen LogP contribution is -2.10. The van der Waals surface area contributed by atoms with Crippen LogP contribution in [0.15, 0.2) is 41.0 Å². The number of anilines is 1. The highest BCUT2D eigenvalue weighted by Crippen LogP contribution is 2.24. The van der Waals surface area contributed by atoms with E-state index >= 15 is 0 Å². The number of carbonyl (C=O) groups is 1. The van der Waals surface area contributed by atoms with Crippen molar-refractivity contribution >= 4 is 22.6 Å². The SMILES string of the molecule is Cc1nc2cc(NC(=O)c3ccco3)ccc2n1C(C)C. The Kier molecular flexibility index (Phi) is 3.25. The van der Waals surface area contributed by atoms with Crippen LogP contribution in [0.5, 0.6) is 0 Å². The van der Waals surface area contributed by atoms with Crippen molar-refractivity contribution in [1.29, 1.82) is 0 Å². The van der Waals surface area contributed by atoms with Crippen LogP contribution in [0, 0.1) is 6.92 Å². The fourth-order valence-corrected chi connectivity index (χ4v) is 2.55. The average Bonchev–Trinajstić information content (AvgIpc) is 3.04. The van der Waals surface area contributed by atoms with Crippen molar-refractivity contribution in [1.82, 2.24) is 9.55 Å². The molecule has 0 saturated carbocycles. The van der Waals surface area contributed by atoms with E-state index in [0.29, 0.717) is 17.5 Å². The maximum absolute atomic E-state index is 12.0. The Morgan fingerprint density at radius 2 is 2.14 bits per heavy atom. The van der Waals surface area contributed by atoms with Gasteiger partial charge in [-0.1, -0.05) is 0 Å². The fraction of sp³-hybridized carbons (Fsp3) is 0.250. The van der Waals surface area contributed by atoms with Gasteiger partial charge in [-0.15, -0.1) is 0 Å². The Labute approximate surface area is 122 Å². The van der Waals surface area contributed by atoms with Crippen LogP contribution >= 0.6 is 0 Å². The largest absolute Gasteiger partial charge is 0.459 e. The van der Waals surface area contributed by atoms with E-state index in [4.69, 9.17) is 4.42 Å². The van der Waals surface area contributed by atoms with Crippen molar-refractivity contribution in [3.63, 3.8) is 0 Å². The number of aryl methyl sites for hydroxylation is 1. The van der Waals surface area contributed by atoms with Crippen molar-refractivity contribution in [2.45, 2.75) is 26.8 Å². The third kappa shape index (κ3) is 2.42. The van der Waals surface area contributed by atoms with Crippen molar-refractivity contribution < 1.29 is 9.21 Å². The average molecular weight is 283 g/mol. The number of hydrogen-bond acceptors (Lipinski definition) is 3. The van der Waals surface area contributed by atoms with Gasteiger partial charge in [-0.3, -0.25) is 4.79 Å². The van der Waals surface area contributed by atoms with Gasteiger partial charge in [-0.05, 0) is 51.1 Å². The molecule has 3 aromatic rings. The minimum absolute atomic E-state index is 0.264. The molecule has 0 spiro atoms. The van der Waals surface area contributed by atoms with Crippen LogP contribution < -0.4 is 5.32 Å². The number of benzene rings is 1. The summed E-state index contributed by atoms with van der Waals surface area (Å²) in [6.07, 6.45) is 1.48. The highest BCUT2D eigenvalue weighted by atomic mass is 16.3. The van der Waals surface area contributed by atoms with E-state index in [9.17, 15) is 4.79 Å². The van der Waals surface area contributed by atoms with Crippen LogP contribution in [0.3, 0.4) is 0 Å². The lowest BCUT2D eigenvalue weighted by atomic mass is 10.2. The maximum atomic E-state index is 12.0. The molecule has 21 heavy (non-hydrogen) atoms. The van der Waals surface area contributed by atoms with E-state index in [1.807, 2.05) is 25.1 Å². The van der Waals surface area contributed by atoms with Gasteiger partial charge in [0.25, 0.3) is 5.91 Å². The minimum atomic E-state index is -0.264. The van der Waals surface area contributed by atoms with Gasteiger partial charge in [-0.25, -0.2) is 4.98 Å². The number of nitrogens with one attached hydrogen (secondary N) is 1. The molecule has 0 radical (unpaired) electrons. The summed E-state index contributed by atoms with van der Waals surface area (Å²) in [7, 11) is 0. The summed E-state index contributed by atoms with van der Waals surface area (Å²) in [4.78, 5) is 16.5. The number of furan rings is 1. The first-order valence-corrected chi connectivity index (χ1v) is 6.89. The molecule has 2 heterocycles. The van der Waals surface area contributed by atoms with Crippen LogP contribution in [0.25, 0.3) is 11.0 Å². The van der Waals surface area contributed by atoms with Crippen molar-refractivity contribution in [3.8, 4) is 0 Å². The van der Waals surface area contributed by atoms with E-state index in [0.717, 1.165) is 16.9 Å². The first kappa shape index (κ1) is 13.4. The highest BCUT2D eigenvalue weighted by molar-refractivity contribution is 6.03. The van der Waals surface area contributed by atoms with Gasteiger partial charge < -0.3 is 14.3 Å². The quantitative estimate of drug-likeness (QED) is 0.796. The zero-order chi connectivity index (χ0) is 15.0. The van der Waals surface area contributed by atoms with E-state index in [1.165, 1.54) is 6.26 Å². The summed E-state index contributed by atoms with van der Waals surface area (Å²) < 4.78 is 7.25. The van der Waals surface area contributed by atoms with Gasteiger partial charge in [0, 0.05) is 11.7 Å². The zero-order valence-corrected chi connectivity index (χ0v) is 12.3. The predicted octanol–water partition coefficient (Wildman–Crippen LogP) is 3.77. The second kappa shape index (κ2) is 5.09. The lowest BCUT2D eigenvalue weighted by Gasteiger charge is -2.10. The lowest BCUT2D eigenvalue weighted by molar-refractivity contribution is 0.0996. The number of hydrogen-bond donors (Lipinski definition) is 1. The molecule has 0 aliphatic heterocycles. The van der Waals surface area contributed by atoms with Gasteiger partial charge in [0.2, 0.25) is 0 Å². The Bertz CT molecular complexity index is 785. The molecule has 3 rings (SSSR count). The number of rotatable bonds is 3. The van der Waals surface area contributed by atoms with Crippen LogP contribution in [0.1, 0.15) is 36.3 Å². The molecule has 0 aliphatic rings. The molecule has 0 saturated heterocycles. The van der Waals surface area contributed by atoms with Gasteiger partial charge in [0.05, 0.1) is 17.3 Å². The highest BCUT2D eigenvalue weighted by Gasteiger charge is 2.12. The van der Waals surface area contributed by atoms with Gasteiger partial charge in [0.1, 0.15) is 5.82 Å². The maximum Gasteiger partial charge on any atom is 0.291 e. The van der Waals surface area contributed by atoms with Gasteiger partial charge in [0.15, 0.2) is 5.76 Å². The first-order chi connectivity index (χ1) is 10.1. The second-order valence-corrected chi connectivity index (χ2v) is 5.26. The molecule has 1 N–H and O–H groups in total. The summed E-state index contributed by atoms with van der Waals surface area (Å²) in [6.45, 7) is 6.24. The normalized spacial score (nSPS) is 11.2. The molecule has 0 unspecified atom stereocenters. The predicted molar refractivity (Wildman–Crippen MR) is 81.5 cm³/mol. The van der Waals surface area contributed by atoms with Crippen molar-refractivity contribution in [2.75, 3.05) is 5.32 Å². The molecular weight excluding hydrogens is 266 g/mol. The molecule has 0 atom stereocenters. The van der Waals surface area contributed by atoms with Crippen LogP contribution in [-0.4, -0.2) is 15.5 Å². The van der Waals surface area contributed by atoms with Gasteiger partial charge in [-0.2, -0.15) is 0 Å². The topological polar surface area (TPSA) is 60.1 Å². The van der Waals surface area contributed by atoms with Crippen molar-refractivity contribution in [2.24, 2.45) is 0 Å². The Hall–Kier alpha value is -2.56. The van der Waals surface area contributed by atoms with E-state index in [1.54, 1.807) is 12.1 Å². The van der Waals surface area contributed by atoms with Gasteiger partial charge >= 0.3 is 0 Å². The number of nitrogens with zero attached hydrogens (tertiary/aromatic N) is 2. The summed E-state index contributed by atoms with van der Waals surface area (Å²) in [5.74, 6) is 0.993. The summed E-state index contributed by atoms with van der Waals surface area (Å²) in [6, 6.07) is 9.40. The minimum Gasteiger partial charge on any atom is -0.459 e.